The number of hydrogen-bond acceptors (Lipinski definition) is 2. The Hall–Kier alpha value is -1.51. The molecule has 1 N–H and O–H groups in total. The normalized spacial score (nSPS) is 12.2. The highest BCUT2D eigenvalue weighted by Crippen LogP contribution is 2.24. The van der Waals surface area contributed by atoms with E-state index >= 15 is 0 Å². The molecule has 3 heteroatoms. The van der Waals surface area contributed by atoms with Gasteiger partial charge in [0, 0.05) is 5.41 Å². The molecule has 0 bridgehead atoms. The minimum Gasteiger partial charge on any atom is -0.427 e. The lowest BCUT2D eigenvalue weighted by atomic mass is 9.96. The highest BCUT2D eigenvalue weighted by molar-refractivity contribution is 5.75. The summed E-state index contributed by atoms with van der Waals surface area (Å²) in [5, 5.41) is 9.88. The molecule has 0 amide bonds. The highest BCUT2D eigenvalue weighted by atomic mass is 16.5. The van der Waals surface area contributed by atoms with Gasteiger partial charge in [-0.2, -0.15) is 4.73 Å². The lowest BCUT2D eigenvalue weighted by molar-refractivity contribution is 0.176. The molecule has 14 heavy (non-hydrogen) atoms. The molecule has 0 aliphatic heterocycles. The molecule has 0 aliphatic rings. The van der Waals surface area contributed by atoms with Crippen molar-refractivity contribution in [1.29, 1.82) is 0 Å². The lowest BCUT2D eigenvalue weighted by Crippen LogP contribution is -2.17. The number of para-hydroxylation sites is 2. The first-order valence-corrected chi connectivity index (χ1v) is 4.67. The van der Waals surface area contributed by atoms with Crippen LogP contribution in [0.2, 0.25) is 0 Å². The topological polar surface area (TPSA) is 38.0 Å². The van der Waals surface area contributed by atoms with Crippen molar-refractivity contribution in [3.05, 3.63) is 30.1 Å². The summed E-state index contributed by atoms with van der Waals surface area (Å²) in [4.78, 5) is 4.40. The van der Waals surface area contributed by atoms with Crippen LogP contribution in [0, 0.1) is 0 Å². The van der Waals surface area contributed by atoms with Gasteiger partial charge >= 0.3 is 0 Å². The standard InChI is InChI=1S/C11H14N2O/c1-11(2,3)10-12-8-6-4-5-7-9(8)13(10)14/h4-7,14H,1-3H3. The van der Waals surface area contributed by atoms with Crippen molar-refractivity contribution in [2.75, 3.05) is 0 Å². The molecule has 0 saturated carbocycles. The van der Waals surface area contributed by atoms with Gasteiger partial charge in [-0.05, 0) is 12.1 Å². The van der Waals surface area contributed by atoms with Gasteiger partial charge in [0.25, 0.3) is 0 Å². The molecule has 0 atom stereocenters. The fraction of sp³-hybridized carbons (Fsp3) is 0.364. The monoisotopic (exact) mass is 190 g/mol. The molecule has 0 spiro atoms. The summed E-state index contributed by atoms with van der Waals surface area (Å²) >= 11 is 0. The number of rotatable bonds is 0. The van der Waals surface area contributed by atoms with E-state index in [2.05, 4.69) is 4.98 Å². The molecule has 2 rings (SSSR count). The van der Waals surface area contributed by atoms with Crippen molar-refractivity contribution in [2.45, 2.75) is 26.2 Å². The van der Waals surface area contributed by atoms with Crippen molar-refractivity contribution < 1.29 is 5.21 Å². The molecule has 0 aliphatic carbocycles. The Balaban J connectivity index is 2.75. The molecule has 2 aromatic rings. The third-order valence-electron chi connectivity index (χ3n) is 2.21. The van der Waals surface area contributed by atoms with Crippen LogP contribution in [0.1, 0.15) is 26.6 Å². The first-order chi connectivity index (χ1) is 6.50. The first kappa shape index (κ1) is 9.06. The molecule has 1 heterocycles. The van der Waals surface area contributed by atoms with Crippen molar-refractivity contribution in [3.63, 3.8) is 0 Å². The van der Waals surface area contributed by atoms with Gasteiger partial charge in [0.2, 0.25) is 0 Å². The predicted octanol–water partition coefficient (Wildman–Crippen LogP) is 2.57. The van der Waals surface area contributed by atoms with Gasteiger partial charge in [0.1, 0.15) is 5.52 Å². The fourth-order valence-electron chi connectivity index (χ4n) is 1.50. The zero-order valence-corrected chi connectivity index (χ0v) is 8.65. The molecular formula is C11H14N2O. The van der Waals surface area contributed by atoms with Crippen LogP contribution in [-0.2, 0) is 5.41 Å². The Kier molecular flexibility index (Phi) is 1.77. The summed E-state index contributed by atoms with van der Waals surface area (Å²) < 4.78 is 1.18. The number of benzene rings is 1. The van der Waals surface area contributed by atoms with Crippen molar-refractivity contribution in [3.8, 4) is 0 Å². The maximum absolute atomic E-state index is 9.88. The summed E-state index contributed by atoms with van der Waals surface area (Å²) in [6.45, 7) is 6.09. The van der Waals surface area contributed by atoms with Crippen LogP contribution >= 0.6 is 0 Å². The Morgan fingerprint density at radius 3 is 2.43 bits per heavy atom. The smallest absolute Gasteiger partial charge is 0.151 e. The van der Waals surface area contributed by atoms with E-state index in [0.717, 1.165) is 11.0 Å². The number of imidazole rings is 1. The lowest BCUT2D eigenvalue weighted by Gasteiger charge is -2.16. The van der Waals surface area contributed by atoms with E-state index in [1.165, 1.54) is 4.73 Å². The van der Waals surface area contributed by atoms with Crippen LogP contribution in [-0.4, -0.2) is 14.9 Å². The summed E-state index contributed by atoms with van der Waals surface area (Å²) in [5.41, 5.74) is 1.45. The summed E-state index contributed by atoms with van der Waals surface area (Å²) in [6.07, 6.45) is 0. The Labute approximate surface area is 83.0 Å². The van der Waals surface area contributed by atoms with E-state index in [0.29, 0.717) is 5.82 Å². The molecule has 1 aromatic carbocycles. The molecule has 74 valence electrons. The summed E-state index contributed by atoms with van der Waals surface area (Å²) in [5.74, 6) is 0.693. The Bertz CT molecular complexity index is 466. The van der Waals surface area contributed by atoms with E-state index in [4.69, 9.17) is 0 Å². The van der Waals surface area contributed by atoms with E-state index < -0.39 is 0 Å². The SMILES string of the molecule is CC(C)(C)c1nc2ccccc2n1O. The fourth-order valence-corrected chi connectivity index (χ4v) is 1.50. The average Bonchev–Trinajstić information content (AvgIpc) is 2.44. The van der Waals surface area contributed by atoms with Gasteiger partial charge in [-0.1, -0.05) is 32.9 Å². The maximum atomic E-state index is 9.88. The molecule has 0 radical (unpaired) electrons. The molecular weight excluding hydrogens is 176 g/mol. The largest absolute Gasteiger partial charge is 0.427 e. The zero-order chi connectivity index (χ0) is 10.3. The molecule has 3 nitrogen and oxygen atoms in total. The van der Waals surface area contributed by atoms with Gasteiger partial charge in [0.05, 0.1) is 5.52 Å². The summed E-state index contributed by atoms with van der Waals surface area (Å²) in [7, 11) is 0. The molecule has 0 saturated heterocycles. The van der Waals surface area contributed by atoms with Crippen LogP contribution in [0.15, 0.2) is 24.3 Å². The molecule has 0 fully saturated rings. The first-order valence-electron chi connectivity index (χ1n) is 4.67. The van der Waals surface area contributed by atoms with E-state index in [1.54, 1.807) is 0 Å². The third-order valence-corrected chi connectivity index (χ3v) is 2.21. The highest BCUT2D eigenvalue weighted by Gasteiger charge is 2.22. The van der Waals surface area contributed by atoms with E-state index in [9.17, 15) is 5.21 Å². The van der Waals surface area contributed by atoms with Gasteiger partial charge in [-0.25, -0.2) is 4.98 Å². The van der Waals surface area contributed by atoms with Gasteiger partial charge in [-0.15, -0.1) is 0 Å². The van der Waals surface area contributed by atoms with Crippen LogP contribution in [0.4, 0.5) is 0 Å². The van der Waals surface area contributed by atoms with Gasteiger partial charge in [0.15, 0.2) is 5.82 Å². The minimum absolute atomic E-state index is 0.145. The van der Waals surface area contributed by atoms with Crippen LogP contribution in [0.25, 0.3) is 11.0 Å². The third kappa shape index (κ3) is 1.25. The second-order valence-corrected chi connectivity index (χ2v) is 4.49. The molecule has 0 unspecified atom stereocenters. The quantitative estimate of drug-likeness (QED) is 0.648. The number of hydrogen-bond donors (Lipinski definition) is 1. The second-order valence-electron chi connectivity index (χ2n) is 4.49. The maximum Gasteiger partial charge on any atom is 0.151 e. The van der Waals surface area contributed by atoms with Gasteiger partial charge in [-0.3, -0.25) is 0 Å². The Morgan fingerprint density at radius 2 is 1.86 bits per heavy atom. The van der Waals surface area contributed by atoms with Crippen molar-refractivity contribution >= 4 is 11.0 Å². The minimum atomic E-state index is -0.145. The average molecular weight is 190 g/mol. The van der Waals surface area contributed by atoms with E-state index in [-0.39, 0.29) is 5.41 Å². The van der Waals surface area contributed by atoms with Gasteiger partial charge < -0.3 is 5.21 Å². The van der Waals surface area contributed by atoms with Crippen molar-refractivity contribution in [2.24, 2.45) is 0 Å². The summed E-state index contributed by atoms with van der Waals surface area (Å²) in [6, 6.07) is 7.57. The second kappa shape index (κ2) is 2.74. The van der Waals surface area contributed by atoms with Crippen LogP contribution in [0.5, 0.6) is 0 Å². The Morgan fingerprint density at radius 1 is 1.21 bits per heavy atom. The number of aromatic nitrogens is 2. The zero-order valence-electron chi connectivity index (χ0n) is 8.65. The van der Waals surface area contributed by atoms with Crippen molar-refractivity contribution in [1.82, 2.24) is 9.71 Å². The van der Waals surface area contributed by atoms with Crippen LogP contribution < -0.4 is 0 Å². The predicted molar refractivity (Wildman–Crippen MR) is 55.6 cm³/mol. The number of fused-ring (bicyclic) bond motifs is 1. The number of nitrogens with zero attached hydrogens (tertiary/aromatic N) is 2. The molecule has 1 aromatic heterocycles. The van der Waals surface area contributed by atoms with Crippen LogP contribution in [0.3, 0.4) is 0 Å². The van der Waals surface area contributed by atoms with E-state index in [1.807, 2.05) is 45.0 Å².